The van der Waals surface area contributed by atoms with Crippen LogP contribution in [0.25, 0.3) is 0 Å². The average molecular weight is 316 g/mol. The Balaban J connectivity index is 2.14. The van der Waals surface area contributed by atoms with Gasteiger partial charge in [-0.15, -0.1) is 0 Å². The Morgan fingerprint density at radius 1 is 1.48 bits per heavy atom. The number of likely N-dealkylation sites (N-methyl/N-ethyl adjacent to an activating group) is 2. The van der Waals surface area contributed by atoms with Gasteiger partial charge in [-0.2, -0.15) is 4.31 Å². The SMILES string of the molecule is Cc1cc(F)ccc1S(=O)(=O)N(C)CC1CN(C)CCO1. The van der Waals surface area contributed by atoms with Crippen LogP contribution in [0.1, 0.15) is 5.56 Å². The number of aryl methyl sites for hydroxylation is 1. The van der Waals surface area contributed by atoms with E-state index in [1.807, 2.05) is 7.05 Å². The van der Waals surface area contributed by atoms with E-state index in [-0.39, 0.29) is 17.5 Å². The van der Waals surface area contributed by atoms with E-state index in [9.17, 15) is 12.8 Å². The van der Waals surface area contributed by atoms with Crippen molar-refractivity contribution in [2.24, 2.45) is 0 Å². The van der Waals surface area contributed by atoms with Gasteiger partial charge in [0.1, 0.15) is 5.82 Å². The van der Waals surface area contributed by atoms with Crippen LogP contribution in [0.3, 0.4) is 0 Å². The summed E-state index contributed by atoms with van der Waals surface area (Å²) in [4.78, 5) is 2.24. The van der Waals surface area contributed by atoms with Gasteiger partial charge >= 0.3 is 0 Å². The number of hydrogen-bond acceptors (Lipinski definition) is 4. The molecule has 1 aromatic carbocycles. The van der Waals surface area contributed by atoms with Crippen LogP contribution < -0.4 is 0 Å². The molecule has 0 bridgehead atoms. The van der Waals surface area contributed by atoms with Crippen molar-refractivity contribution in [1.29, 1.82) is 0 Å². The lowest BCUT2D eigenvalue weighted by Crippen LogP contribution is -2.46. The molecule has 0 aliphatic carbocycles. The normalized spacial score (nSPS) is 20.9. The molecule has 1 unspecified atom stereocenters. The zero-order chi connectivity index (χ0) is 15.6. The molecule has 0 spiro atoms. The molecule has 0 saturated carbocycles. The first kappa shape index (κ1) is 16.4. The molecule has 21 heavy (non-hydrogen) atoms. The first-order valence-corrected chi connectivity index (χ1v) is 8.27. The number of ether oxygens (including phenoxy) is 1. The Morgan fingerprint density at radius 3 is 2.81 bits per heavy atom. The Hall–Kier alpha value is -1.02. The molecule has 1 aliphatic rings. The Kier molecular flexibility index (Phi) is 4.98. The van der Waals surface area contributed by atoms with Crippen molar-refractivity contribution in [3.05, 3.63) is 29.6 Å². The summed E-state index contributed by atoms with van der Waals surface area (Å²) in [6.07, 6.45) is -0.149. The molecule has 7 heteroatoms. The summed E-state index contributed by atoms with van der Waals surface area (Å²) in [5.74, 6) is -0.439. The quantitative estimate of drug-likeness (QED) is 0.834. The summed E-state index contributed by atoms with van der Waals surface area (Å²) in [7, 11) is -0.131. The third kappa shape index (κ3) is 3.79. The summed E-state index contributed by atoms with van der Waals surface area (Å²) < 4.78 is 45.1. The van der Waals surface area contributed by atoms with E-state index >= 15 is 0 Å². The molecule has 0 aromatic heterocycles. The van der Waals surface area contributed by atoms with Gasteiger partial charge in [0.15, 0.2) is 0 Å². The Bertz CT molecular complexity index is 606. The van der Waals surface area contributed by atoms with Crippen LogP contribution in [0.5, 0.6) is 0 Å². The minimum atomic E-state index is -3.64. The maximum absolute atomic E-state index is 13.1. The van der Waals surface area contributed by atoms with Gasteiger partial charge in [-0.05, 0) is 37.7 Å². The summed E-state index contributed by atoms with van der Waals surface area (Å²) in [5.41, 5.74) is 0.406. The standard InChI is InChI=1S/C14H21FN2O3S/c1-11-8-12(15)4-5-14(11)21(18,19)17(3)10-13-9-16(2)6-7-20-13/h4-5,8,13H,6-7,9-10H2,1-3H3. The summed E-state index contributed by atoms with van der Waals surface area (Å²) >= 11 is 0. The Labute approximate surface area is 125 Å². The van der Waals surface area contributed by atoms with Crippen molar-refractivity contribution in [3.8, 4) is 0 Å². The minimum Gasteiger partial charge on any atom is -0.374 e. The number of morpholine rings is 1. The van der Waals surface area contributed by atoms with E-state index < -0.39 is 15.8 Å². The van der Waals surface area contributed by atoms with Crippen LogP contribution in [0, 0.1) is 12.7 Å². The van der Waals surface area contributed by atoms with Gasteiger partial charge < -0.3 is 9.64 Å². The molecule has 1 saturated heterocycles. The number of rotatable bonds is 4. The van der Waals surface area contributed by atoms with E-state index in [0.717, 1.165) is 6.54 Å². The maximum Gasteiger partial charge on any atom is 0.243 e. The van der Waals surface area contributed by atoms with E-state index in [1.54, 1.807) is 6.92 Å². The monoisotopic (exact) mass is 316 g/mol. The summed E-state index contributed by atoms with van der Waals surface area (Å²) in [6, 6.07) is 3.70. The lowest BCUT2D eigenvalue weighted by atomic mass is 10.2. The molecule has 1 aliphatic heterocycles. The number of sulfonamides is 1. The third-order valence-corrected chi connectivity index (χ3v) is 5.61. The average Bonchev–Trinajstić information content (AvgIpc) is 2.38. The van der Waals surface area contributed by atoms with Gasteiger partial charge in [0.25, 0.3) is 0 Å². The molecular weight excluding hydrogens is 295 g/mol. The first-order chi connectivity index (χ1) is 9.80. The molecule has 1 heterocycles. The highest BCUT2D eigenvalue weighted by Crippen LogP contribution is 2.20. The fourth-order valence-electron chi connectivity index (χ4n) is 2.43. The molecule has 1 fully saturated rings. The van der Waals surface area contributed by atoms with Gasteiger partial charge in [-0.25, -0.2) is 12.8 Å². The van der Waals surface area contributed by atoms with Crippen molar-refractivity contribution in [1.82, 2.24) is 9.21 Å². The molecule has 5 nitrogen and oxygen atoms in total. The van der Waals surface area contributed by atoms with Crippen molar-refractivity contribution < 1.29 is 17.5 Å². The predicted molar refractivity (Wildman–Crippen MR) is 78.2 cm³/mol. The van der Waals surface area contributed by atoms with Gasteiger partial charge in [0, 0.05) is 26.7 Å². The number of nitrogens with zero attached hydrogens (tertiary/aromatic N) is 2. The molecule has 0 radical (unpaired) electrons. The summed E-state index contributed by atoms with van der Waals surface area (Å²) in [5, 5.41) is 0. The van der Waals surface area contributed by atoms with E-state index in [0.29, 0.717) is 18.7 Å². The van der Waals surface area contributed by atoms with Crippen LogP contribution in [-0.2, 0) is 14.8 Å². The second-order valence-corrected chi connectivity index (χ2v) is 7.46. The second kappa shape index (κ2) is 6.39. The van der Waals surface area contributed by atoms with Crippen LogP contribution in [-0.4, -0.2) is 64.1 Å². The third-order valence-electron chi connectivity index (χ3n) is 3.63. The fraction of sp³-hybridized carbons (Fsp3) is 0.571. The number of halogens is 1. The van der Waals surface area contributed by atoms with Gasteiger partial charge in [0.05, 0.1) is 17.6 Å². The first-order valence-electron chi connectivity index (χ1n) is 6.83. The zero-order valence-electron chi connectivity index (χ0n) is 12.5. The van der Waals surface area contributed by atoms with Crippen molar-refractivity contribution in [2.75, 3.05) is 40.3 Å². The van der Waals surface area contributed by atoms with Crippen LogP contribution >= 0.6 is 0 Å². The van der Waals surface area contributed by atoms with Crippen molar-refractivity contribution in [2.45, 2.75) is 17.9 Å². The molecule has 118 valence electrons. The maximum atomic E-state index is 13.1. The van der Waals surface area contributed by atoms with Crippen LogP contribution in [0.2, 0.25) is 0 Å². The minimum absolute atomic E-state index is 0.135. The zero-order valence-corrected chi connectivity index (χ0v) is 13.4. The van der Waals surface area contributed by atoms with Crippen molar-refractivity contribution in [3.63, 3.8) is 0 Å². The lowest BCUT2D eigenvalue weighted by molar-refractivity contribution is -0.0247. The van der Waals surface area contributed by atoms with E-state index in [1.165, 1.54) is 29.6 Å². The van der Waals surface area contributed by atoms with E-state index in [4.69, 9.17) is 4.74 Å². The highest BCUT2D eigenvalue weighted by Gasteiger charge is 2.27. The fourth-order valence-corrected chi connectivity index (χ4v) is 3.84. The topological polar surface area (TPSA) is 49.9 Å². The highest BCUT2D eigenvalue weighted by molar-refractivity contribution is 7.89. The predicted octanol–water partition coefficient (Wildman–Crippen LogP) is 1.09. The molecule has 1 aromatic rings. The summed E-state index contributed by atoms with van der Waals surface area (Å²) in [6.45, 7) is 4.02. The lowest BCUT2D eigenvalue weighted by Gasteiger charge is -2.32. The molecule has 2 rings (SSSR count). The smallest absolute Gasteiger partial charge is 0.243 e. The van der Waals surface area contributed by atoms with Gasteiger partial charge in [-0.1, -0.05) is 0 Å². The van der Waals surface area contributed by atoms with E-state index in [2.05, 4.69) is 4.90 Å². The second-order valence-electron chi connectivity index (χ2n) is 5.45. The molecular formula is C14H21FN2O3S. The van der Waals surface area contributed by atoms with Gasteiger partial charge in [0.2, 0.25) is 10.0 Å². The molecule has 1 atom stereocenters. The van der Waals surface area contributed by atoms with Crippen LogP contribution in [0.4, 0.5) is 4.39 Å². The molecule has 0 N–H and O–H groups in total. The van der Waals surface area contributed by atoms with Crippen molar-refractivity contribution >= 4 is 10.0 Å². The Morgan fingerprint density at radius 2 is 2.19 bits per heavy atom. The number of benzene rings is 1. The largest absolute Gasteiger partial charge is 0.374 e. The molecule has 0 amide bonds. The highest BCUT2D eigenvalue weighted by atomic mass is 32.2. The number of hydrogen-bond donors (Lipinski definition) is 0. The van der Waals surface area contributed by atoms with Gasteiger partial charge in [-0.3, -0.25) is 0 Å². The van der Waals surface area contributed by atoms with Crippen LogP contribution in [0.15, 0.2) is 23.1 Å².